The predicted octanol–water partition coefficient (Wildman–Crippen LogP) is 3.18. The average Bonchev–Trinajstić information content (AvgIpc) is 2.41. The van der Waals surface area contributed by atoms with Gasteiger partial charge in [0.1, 0.15) is 0 Å². The molecular weight excluding hydrogens is 407 g/mol. The lowest BCUT2D eigenvalue weighted by Crippen LogP contribution is -2.19. The topological polar surface area (TPSA) is 95.5 Å². The van der Waals surface area contributed by atoms with Crippen molar-refractivity contribution in [3.8, 4) is 0 Å². The van der Waals surface area contributed by atoms with Gasteiger partial charge in [0, 0.05) is 9.26 Å². The highest BCUT2D eigenvalue weighted by Crippen LogP contribution is 2.18. The summed E-state index contributed by atoms with van der Waals surface area (Å²) in [6.07, 6.45) is 0. The molecule has 2 rings (SSSR count). The summed E-state index contributed by atoms with van der Waals surface area (Å²) in [7, 11) is -4.23. The van der Waals surface area contributed by atoms with Gasteiger partial charge in [0.05, 0.1) is 10.6 Å². The second-order valence-corrected chi connectivity index (χ2v) is 6.64. The van der Waals surface area contributed by atoms with Crippen molar-refractivity contribution in [2.24, 2.45) is 0 Å². The van der Waals surface area contributed by atoms with E-state index in [1.54, 1.807) is 12.1 Å². The Balaban J connectivity index is 2.05. The van der Waals surface area contributed by atoms with E-state index < -0.39 is 16.1 Å². The molecule has 2 aromatic rings. The fourth-order valence-corrected chi connectivity index (χ4v) is 2.56. The number of hydrogen-bond donors (Lipinski definition) is 3. The van der Waals surface area contributed by atoms with Gasteiger partial charge in [-0.05, 0) is 59.0 Å². The number of para-hydroxylation sites is 1. The number of rotatable bonds is 3. The lowest BCUT2D eigenvalue weighted by atomic mass is 10.3. The van der Waals surface area contributed by atoms with E-state index in [1.165, 1.54) is 24.3 Å². The number of benzene rings is 2. The molecule has 0 saturated heterocycles. The molecule has 21 heavy (non-hydrogen) atoms. The molecule has 0 unspecified atom stereocenters. The number of urea groups is 1. The molecule has 0 saturated carbocycles. The monoisotopic (exact) mass is 418 g/mol. The second-order valence-electron chi connectivity index (χ2n) is 4.06. The molecule has 8 heteroatoms. The zero-order chi connectivity index (χ0) is 15.5. The SMILES string of the molecule is O=C(Nc1ccc(S(=O)(=O)O)cc1)Nc1ccccc1I. The Morgan fingerprint density at radius 1 is 1.00 bits per heavy atom. The first-order valence-corrected chi connectivity index (χ1v) is 8.28. The van der Waals surface area contributed by atoms with Crippen LogP contribution >= 0.6 is 22.6 Å². The molecule has 0 spiro atoms. The maximum atomic E-state index is 11.8. The molecule has 3 N–H and O–H groups in total. The summed E-state index contributed by atoms with van der Waals surface area (Å²) in [5.41, 5.74) is 1.08. The fourth-order valence-electron chi connectivity index (χ4n) is 1.56. The summed E-state index contributed by atoms with van der Waals surface area (Å²) in [4.78, 5) is 11.6. The minimum absolute atomic E-state index is 0.230. The van der Waals surface area contributed by atoms with Crippen LogP contribution in [0.5, 0.6) is 0 Å². The van der Waals surface area contributed by atoms with E-state index in [0.717, 1.165) is 3.57 Å². The summed E-state index contributed by atoms with van der Waals surface area (Å²) in [6.45, 7) is 0. The highest BCUT2D eigenvalue weighted by molar-refractivity contribution is 14.1. The molecule has 0 bridgehead atoms. The van der Waals surface area contributed by atoms with Crippen LogP contribution in [0.25, 0.3) is 0 Å². The number of amides is 2. The van der Waals surface area contributed by atoms with Gasteiger partial charge in [-0.2, -0.15) is 8.42 Å². The molecule has 2 aromatic carbocycles. The Bertz CT molecular complexity index is 760. The third-order valence-electron chi connectivity index (χ3n) is 2.53. The lowest BCUT2D eigenvalue weighted by Gasteiger charge is -2.09. The maximum absolute atomic E-state index is 11.8. The van der Waals surface area contributed by atoms with E-state index in [0.29, 0.717) is 11.4 Å². The Hall–Kier alpha value is -1.65. The molecule has 0 aromatic heterocycles. The highest BCUT2D eigenvalue weighted by Gasteiger charge is 2.09. The lowest BCUT2D eigenvalue weighted by molar-refractivity contribution is 0.262. The minimum atomic E-state index is -4.23. The molecule has 2 amide bonds. The largest absolute Gasteiger partial charge is 0.323 e. The third kappa shape index (κ3) is 4.41. The van der Waals surface area contributed by atoms with E-state index in [1.807, 2.05) is 12.1 Å². The number of carbonyl (C=O) groups is 1. The molecule has 110 valence electrons. The van der Waals surface area contributed by atoms with E-state index in [2.05, 4.69) is 33.2 Å². The minimum Gasteiger partial charge on any atom is -0.308 e. The third-order valence-corrected chi connectivity index (χ3v) is 4.34. The van der Waals surface area contributed by atoms with Crippen molar-refractivity contribution in [2.45, 2.75) is 4.90 Å². The number of anilines is 2. The fraction of sp³-hybridized carbons (Fsp3) is 0. The predicted molar refractivity (Wildman–Crippen MR) is 88.1 cm³/mol. The Kier molecular flexibility index (Phi) is 4.80. The molecule has 0 fully saturated rings. The molecule has 0 atom stereocenters. The first kappa shape index (κ1) is 15.7. The van der Waals surface area contributed by atoms with Crippen molar-refractivity contribution in [3.05, 3.63) is 52.1 Å². The number of hydrogen-bond acceptors (Lipinski definition) is 3. The van der Waals surface area contributed by atoms with Crippen molar-refractivity contribution in [3.63, 3.8) is 0 Å². The standard InChI is InChI=1S/C13H11IN2O4S/c14-11-3-1-2-4-12(11)16-13(17)15-9-5-7-10(8-6-9)21(18,19)20/h1-8H,(H2,15,16,17)(H,18,19,20). The van der Waals surface area contributed by atoms with Gasteiger partial charge < -0.3 is 10.6 Å². The van der Waals surface area contributed by atoms with Gasteiger partial charge in [0.25, 0.3) is 10.1 Å². The number of nitrogens with one attached hydrogen (secondary N) is 2. The second kappa shape index (κ2) is 6.41. The average molecular weight is 418 g/mol. The van der Waals surface area contributed by atoms with Gasteiger partial charge in [0.2, 0.25) is 0 Å². The van der Waals surface area contributed by atoms with Crippen molar-refractivity contribution in [1.29, 1.82) is 0 Å². The zero-order valence-electron chi connectivity index (χ0n) is 10.6. The van der Waals surface area contributed by atoms with E-state index in [9.17, 15) is 13.2 Å². The van der Waals surface area contributed by atoms with E-state index in [-0.39, 0.29) is 4.90 Å². The summed E-state index contributed by atoms with van der Waals surface area (Å²) in [5, 5.41) is 5.24. The summed E-state index contributed by atoms with van der Waals surface area (Å²) in [5.74, 6) is 0. The molecule has 0 aliphatic carbocycles. The Morgan fingerprint density at radius 2 is 1.62 bits per heavy atom. The van der Waals surface area contributed by atoms with Crippen LogP contribution in [0.3, 0.4) is 0 Å². The van der Waals surface area contributed by atoms with Crippen LogP contribution in [0.1, 0.15) is 0 Å². The first-order chi connectivity index (χ1) is 9.86. The molecule has 0 aliphatic heterocycles. The van der Waals surface area contributed by atoms with Crippen LogP contribution in [0.4, 0.5) is 16.2 Å². The van der Waals surface area contributed by atoms with Gasteiger partial charge in [-0.25, -0.2) is 4.79 Å². The quantitative estimate of drug-likeness (QED) is 0.527. The van der Waals surface area contributed by atoms with E-state index >= 15 is 0 Å². The Labute approximate surface area is 135 Å². The van der Waals surface area contributed by atoms with Gasteiger partial charge in [-0.1, -0.05) is 12.1 Å². The van der Waals surface area contributed by atoms with Crippen LogP contribution in [-0.2, 0) is 10.1 Å². The van der Waals surface area contributed by atoms with Crippen molar-refractivity contribution in [1.82, 2.24) is 0 Å². The summed E-state index contributed by atoms with van der Waals surface area (Å²) in [6, 6.07) is 12.0. The van der Waals surface area contributed by atoms with Gasteiger partial charge in [0.15, 0.2) is 0 Å². The first-order valence-electron chi connectivity index (χ1n) is 5.76. The highest BCUT2D eigenvalue weighted by atomic mass is 127. The van der Waals surface area contributed by atoms with Gasteiger partial charge >= 0.3 is 6.03 Å². The summed E-state index contributed by atoms with van der Waals surface area (Å²) >= 11 is 2.10. The molecule has 0 heterocycles. The molecular formula is C13H11IN2O4S. The van der Waals surface area contributed by atoms with Crippen molar-refractivity contribution in [2.75, 3.05) is 10.6 Å². The Morgan fingerprint density at radius 3 is 2.19 bits per heavy atom. The van der Waals surface area contributed by atoms with Crippen LogP contribution < -0.4 is 10.6 Å². The van der Waals surface area contributed by atoms with Gasteiger partial charge in [-0.15, -0.1) is 0 Å². The van der Waals surface area contributed by atoms with Crippen LogP contribution in [0.2, 0.25) is 0 Å². The normalized spacial score (nSPS) is 11.0. The molecule has 0 radical (unpaired) electrons. The number of carbonyl (C=O) groups excluding carboxylic acids is 1. The maximum Gasteiger partial charge on any atom is 0.323 e. The zero-order valence-corrected chi connectivity index (χ0v) is 13.6. The van der Waals surface area contributed by atoms with Crippen LogP contribution in [0, 0.1) is 3.57 Å². The van der Waals surface area contributed by atoms with E-state index in [4.69, 9.17) is 4.55 Å². The van der Waals surface area contributed by atoms with Crippen molar-refractivity contribution < 1.29 is 17.8 Å². The summed E-state index contributed by atoms with van der Waals surface area (Å²) < 4.78 is 31.6. The van der Waals surface area contributed by atoms with Crippen LogP contribution in [-0.4, -0.2) is 19.0 Å². The van der Waals surface area contributed by atoms with Crippen molar-refractivity contribution >= 4 is 50.1 Å². The van der Waals surface area contributed by atoms with Crippen LogP contribution in [0.15, 0.2) is 53.4 Å². The molecule has 6 nitrogen and oxygen atoms in total. The smallest absolute Gasteiger partial charge is 0.308 e. The van der Waals surface area contributed by atoms with Gasteiger partial charge in [-0.3, -0.25) is 4.55 Å². The molecule has 0 aliphatic rings. The number of halogens is 1.